The third-order valence-electron chi connectivity index (χ3n) is 23.2. The van der Waals surface area contributed by atoms with Crippen LogP contribution in [0.4, 0.5) is 0 Å². The van der Waals surface area contributed by atoms with E-state index < -0.39 is 206 Å². The van der Waals surface area contributed by atoms with Crippen LogP contribution in [-0.4, -0.2) is 258 Å². The Hall–Kier alpha value is -3.08. The van der Waals surface area contributed by atoms with Crippen molar-refractivity contribution >= 4 is 17.8 Å². The maximum absolute atomic E-state index is 13.7. The predicted octanol–water partition coefficient (Wildman–Crippen LogP) is 3.17. The normalized spacial score (nSPS) is 49.5. The second-order valence-corrected chi connectivity index (χ2v) is 28.8. The molecule has 33 atom stereocenters. The number of esters is 1. The Labute approximate surface area is 555 Å². The van der Waals surface area contributed by atoms with E-state index in [4.69, 9.17) is 75.8 Å². The number of carbonyl (C=O) groups is 2. The monoisotopic (exact) mass is 1350 g/mol. The lowest BCUT2D eigenvalue weighted by Crippen LogP contribution is -2.75. The summed E-state index contributed by atoms with van der Waals surface area (Å²) in [7, 11) is 4.69. The highest BCUT2D eigenvalue weighted by Crippen LogP contribution is 2.70. The number of Topliss-reactive ketones (excluding diaryl/α,β-unsaturated/α-hetero) is 1. The van der Waals surface area contributed by atoms with Crippen molar-refractivity contribution < 1.29 is 126 Å². The average Bonchev–Trinajstić information content (AvgIpc) is 1.63. The summed E-state index contributed by atoms with van der Waals surface area (Å²) in [4.78, 5) is 27.0. The molecule has 8 N–H and O–H groups in total. The van der Waals surface area contributed by atoms with Gasteiger partial charge in [0.1, 0.15) is 78.0 Å². The molecule has 3 saturated carbocycles. The van der Waals surface area contributed by atoms with Crippen LogP contribution in [0.25, 0.3) is 6.08 Å². The molecule has 0 amide bonds. The number of fused-ring (bicyclic) bond motifs is 5. The third-order valence-corrected chi connectivity index (χ3v) is 23.2. The Morgan fingerprint density at radius 3 is 1.57 bits per heavy atom. The zero-order chi connectivity index (χ0) is 68.2. The zero-order valence-corrected chi connectivity index (χ0v) is 56.5. The van der Waals surface area contributed by atoms with Gasteiger partial charge >= 0.3 is 5.97 Å². The fourth-order valence-corrected chi connectivity index (χ4v) is 17.8. The van der Waals surface area contributed by atoms with Gasteiger partial charge in [-0.25, -0.2) is 4.79 Å². The molecule has 10 aliphatic rings. The molecule has 0 aromatic heterocycles. The lowest BCUT2D eigenvalue weighted by Gasteiger charge is -2.66. The molecule has 11 rings (SSSR count). The molecule has 0 spiro atoms. The number of rotatable bonds is 20. The van der Waals surface area contributed by atoms with E-state index in [0.717, 1.165) is 11.1 Å². The van der Waals surface area contributed by atoms with Crippen molar-refractivity contribution in [3.63, 3.8) is 0 Å². The molecule has 6 aliphatic heterocycles. The number of carbonyl (C=O) groups excluding carboxylic acids is 2. The van der Waals surface area contributed by atoms with Gasteiger partial charge in [-0.1, -0.05) is 55.8 Å². The number of benzene rings is 1. The number of methoxy groups -OCH3 is 3. The predicted molar refractivity (Wildman–Crippen MR) is 332 cm³/mol. The summed E-state index contributed by atoms with van der Waals surface area (Å²) < 4.78 is 100. The van der Waals surface area contributed by atoms with Crippen LogP contribution in [0.3, 0.4) is 0 Å². The quantitative estimate of drug-likeness (QED) is 0.0528. The highest BCUT2D eigenvalue weighted by Gasteiger charge is 2.77. The zero-order valence-electron chi connectivity index (χ0n) is 56.5. The lowest BCUT2D eigenvalue weighted by atomic mass is 9.43. The molecular formula is C69H104O26. The van der Waals surface area contributed by atoms with Gasteiger partial charge in [-0.05, 0) is 104 Å². The minimum Gasteiger partial charge on any atom is -0.458 e. The van der Waals surface area contributed by atoms with Gasteiger partial charge in [0.15, 0.2) is 37.7 Å². The Bertz CT molecular complexity index is 2770. The summed E-state index contributed by atoms with van der Waals surface area (Å²) >= 11 is 0. The highest BCUT2D eigenvalue weighted by atomic mass is 16.8. The second kappa shape index (κ2) is 29.9. The number of ketones is 1. The van der Waals surface area contributed by atoms with Gasteiger partial charge in [0.2, 0.25) is 0 Å². The van der Waals surface area contributed by atoms with E-state index in [-0.39, 0.29) is 50.4 Å². The first-order valence-corrected chi connectivity index (χ1v) is 34.2. The maximum atomic E-state index is 13.7. The van der Waals surface area contributed by atoms with Gasteiger partial charge in [-0.3, -0.25) is 4.79 Å². The van der Waals surface area contributed by atoms with E-state index in [2.05, 4.69) is 13.0 Å². The molecule has 0 radical (unpaired) electrons. The number of aliphatic hydroxyl groups excluding tert-OH is 6. The summed E-state index contributed by atoms with van der Waals surface area (Å²) in [6.45, 7) is 13.8. The fourth-order valence-electron chi connectivity index (χ4n) is 17.8. The summed E-state index contributed by atoms with van der Waals surface area (Å²) in [5.74, 6) is -1.78. The standard InChI is InChI=1S/C69H104O26/c1-33(71)42-21-24-69(79)67(42,8)50(90-51(74)18-17-39-15-13-12-14-16-39)31-49-66(7)22-20-41(25-40(66)19-23-68(49,69)78)88-54-28-45(80-9)63(36(4)85-54)94-56-29-46(81-10)62(37(5)86-56)93-53-27-44(73)60(34(2)84-53)91-52-26-43(72)61(35(3)83-52)92-55-30-47(82-11)64(38(6)87-55)95-65-59(77)58(76)57(75)48(32-70)89-65/h12-19,34-38,41-50,52-65,70,72-73,75-79H,20-32H2,1-11H3/b18-17+/t34-,35-,36-,37-,38-,41+,42+,43+,44-,45+,46+,47+,48-,49-,50-,52?,53?,54?,55?,56?,57-,58+,59-,60-,61-,62-,63-,64-,65+,66+,67+,68+,69-/m1/s1. The van der Waals surface area contributed by atoms with Gasteiger partial charge in [0.05, 0.1) is 73.8 Å². The first-order valence-electron chi connectivity index (χ1n) is 34.2. The van der Waals surface area contributed by atoms with Crippen LogP contribution >= 0.6 is 0 Å². The fraction of sp³-hybridized carbons (Fsp3) is 0.826. The SMILES string of the molecule is CO[C@H]1CC(O[C@H]2CC[C@@]3(C)C(=CC[C@]4(O)[C@@H]3C[C@@H](OC(=O)/C=C/c3ccccc3)[C@]3(C)[C@H](C(C)=O)CC[C@@]34O)C2)O[C@H](C)[C@H]1OC1C[C@H](OC)[C@H](OC2C[C@@H](O)[C@H](OC3C[C@H](O)[C@H](OC4C[C@H](OC)[C@H](O[C@@H]5O[C@H](CO)[C@@H](O)[C@H](O)[C@H]5O)[C@@H](C)O4)[C@@H](C)O3)[C@@H](C)O2)[C@@H](C)O1. The summed E-state index contributed by atoms with van der Waals surface area (Å²) in [5, 5.41) is 89.9. The Kier molecular flexibility index (Phi) is 23.0. The Balaban J connectivity index is 0.640. The van der Waals surface area contributed by atoms with E-state index >= 15 is 0 Å². The van der Waals surface area contributed by atoms with Crippen molar-refractivity contribution in [1.29, 1.82) is 0 Å². The molecule has 4 aliphatic carbocycles. The molecule has 1 aromatic carbocycles. The van der Waals surface area contributed by atoms with Crippen molar-refractivity contribution in [1.82, 2.24) is 0 Å². The van der Waals surface area contributed by atoms with Crippen LogP contribution in [0.1, 0.15) is 138 Å². The molecule has 5 unspecified atom stereocenters. The van der Waals surface area contributed by atoms with Crippen molar-refractivity contribution in [3.05, 3.63) is 53.6 Å². The molecule has 0 bridgehead atoms. The van der Waals surface area contributed by atoms with Gasteiger partial charge in [-0.15, -0.1) is 0 Å². The van der Waals surface area contributed by atoms with Crippen molar-refractivity contribution in [3.8, 4) is 0 Å². The van der Waals surface area contributed by atoms with Crippen molar-refractivity contribution in [2.45, 2.75) is 310 Å². The van der Waals surface area contributed by atoms with E-state index in [1.165, 1.54) is 20.1 Å². The van der Waals surface area contributed by atoms with Crippen LogP contribution < -0.4 is 0 Å². The van der Waals surface area contributed by atoms with Crippen LogP contribution in [0, 0.1) is 22.7 Å². The van der Waals surface area contributed by atoms with Crippen molar-refractivity contribution in [2.24, 2.45) is 22.7 Å². The molecule has 6 saturated heterocycles. The lowest BCUT2D eigenvalue weighted by molar-refractivity contribution is -0.358. The first-order chi connectivity index (χ1) is 45.2. The number of aliphatic hydroxyl groups is 8. The Morgan fingerprint density at radius 2 is 1.07 bits per heavy atom. The number of hydrogen-bond acceptors (Lipinski definition) is 26. The average molecular weight is 1350 g/mol. The van der Waals surface area contributed by atoms with E-state index in [1.54, 1.807) is 41.1 Å². The number of hydrogen-bond donors (Lipinski definition) is 8. The topological polar surface area (TPSA) is 344 Å². The molecule has 26 heteroatoms. The van der Waals surface area contributed by atoms with E-state index in [9.17, 15) is 50.4 Å². The molecule has 6 heterocycles. The van der Waals surface area contributed by atoms with Crippen LogP contribution in [0.2, 0.25) is 0 Å². The third kappa shape index (κ3) is 14.3. The number of ether oxygens (including phenoxy) is 16. The van der Waals surface area contributed by atoms with Gasteiger partial charge in [0, 0.05) is 76.8 Å². The van der Waals surface area contributed by atoms with Gasteiger partial charge in [0.25, 0.3) is 0 Å². The molecule has 95 heavy (non-hydrogen) atoms. The molecule has 26 nitrogen and oxygen atoms in total. The van der Waals surface area contributed by atoms with E-state index in [1.807, 2.05) is 51.1 Å². The molecule has 536 valence electrons. The molecule has 9 fully saturated rings. The van der Waals surface area contributed by atoms with Gasteiger partial charge < -0.3 is 117 Å². The van der Waals surface area contributed by atoms with E-state index in [0.29, 0.717) is 38.5 Å². The van der Waals surface area contributed by atoms with Crippen LogP contribution in [0.15, 0.2) is 48.1 Å². The first kappa shape index (κ1) is 73.1. The maximum Gasteiger partial charge on any atom is 0.331 e. The summed E-state index contributed by atoms with van der Waals surface area (Å²) in [5.41, 5.74) is -3.16. The minimum atomic E-state index is -1.71. The summed E-state index contributed by atoms with van der Waals surface area (Å²) in [6.07, 6.45) is -14.2. The molecule has 1 aromatic rings. The van der Waals surface area contributed by atoms with Crippen LogP contribution in [-0.2, 0) is 85.4 Å². The van der Waals surface area contributed by atoms with Gasteiger partial charge in [-0.2, -0.15) is 0 Å². The minimum absolute atomic E-state index is 0.00298. The smallest absolute Gasteiger partial charge is 0.331 e. The largest absolute Gasteiger partial charge is 0.458 e. The second-order valence-electron chi connectivity index (χ2n) is 28.8. The van der Waals surface area contributed by atoms with Crippen molar-refractivity contribution in [2.75, 3.05) is 27.9 Å². The Morgan fingerprint density at radius 1 is 0.589 bits per heavy atom. The summed E-state index contributed by atoms with van der Waals surface area (Å²) in [6, 6.07) is 9.42. The highest BCUT2D eigenvalue weighted by molar-refractivity contribution is 5.87. The molecular weight excluding hydrogens is 1240 g/mol. The van der Waals surface area contributed by atoms with Crippen LogP contribution in [0.5, 0.6) is 0 Å².